The average molecular weight is 472 g/mol. The van der Waals surface area contributed by atoms with E-state index in [9.17, 15) is 18.8 Å². The number of amides is 3. The SMILES string of the molecule is CCOC(=O)N1CCCN(c2cncc(-c3cc(C=C4SC(=O)NC4=O)ccc3F)n2)CC1. The van der Waals surface area contributed by atoms with Crippen molar-refractivity contribution in [2.75, 3.05) is 37.7 Å². The number of nitrogens with one attached hydrogen (secondary N) is 1. The standard InChI is InChI=1S/C22H22FN5O4S/c1-2-32-22(31)28-7-3-6-27(8-9-28)19-13-24-12-17(25-19)15-10-14(4-5-16(15)23)11-18-20(29)26-21(30)33-18/h4-5,10-13H,2-3,6-9H2,1H3,(H,26,29,30). The van der Waals surface area contributed by atoms with Gasteiger partial charge in [0.1, 0.15) is 11.6 Å². The number of aromatic nitrogens is 2. The van der Waals surface area contributed by atoms with Crippen molar-refractivity contribution in [2.45, 2.75) is 13.3 Å². The molecule has 0 spiro atoms. The first kappa shape index (κ1) is 22.7. The molecule has 9 nitrogen and oxygen atoms in total. The molecule has 2 aromatic rings. The molecule has 1 N–H and O–H groups in total. The fourth-order valence-corrected chi connectivity index (χ4v) is 4.27. The summed E-state index contributed by atoms with van der Waals surface area (Å²) in [6, 6.07) is 4.38. The first-order chi connectivity index (χ1) is 15.9. The van der Waals surface area contributed by atoms with Crippen LogP contribution in [0.3, 0.4) is 0 Å². The van der Waals surface area contributed by atoms with Crippen LogP contribution in [0.15, 0.2) is 35.5 Å². The number of halogens is 1. The van der Waals surface area contributed by atoms with E-state index in [2.05, 4.69) is 15.3 Å². The highest BCUT2D eigenvalue weighted by Crippen LogP contribution is 2.29. The average Bonchev–Trinajstić information content (AvgIpc) is 2.99. The number of imide groups is 1. The minimum Gasteiger partial charge on any atom is -0.450 e. The first-order valence-electron chi connectivity index (χ1n) is 10.5. The fraction of sp³-hybridized carbons (Fsp3) is 0.318. The van der Waals surface area contributed by atoms with Gasteiger partial charge in [0.15, 0.2) is 0 Å². The summed E-state index contributed by atoms with van der Waals surface area (Å²) in [5.41, 5.74) is 1.14. The molecule has 172 valence electrons. The molecule has 1 aromatic carbocycles. The van der Waals surface area contributed by atoms with Gasteiger partial charge in [-0.2, -0.15) is 0 Å². The van der Waals surface area contributed by atoms with Gasteiger partial charge in [-0.25, -0.2) is 14.2 Å². The molecule has 0 saturated carbocycles. The second kappa shape index (κ2) is 9.99. The van der Waals surface area contributed by atoms with Crippen molar-refractivity contribution < 1.29 is 23.5 Å². The highest BCUT2D eigenvalue weighted by molar-refractivity contribution is 8.18. The van der Waals surface area contributed by atoms with Crippen LogP contribution in [0.25, 0.3) is 17.3 Å². The maximum absolute atomic E-state index is 14.7. The van der Waals surface area contributed by atoms with E-state index in [-0.39, 0.29) is 16.6 Å². The van der Waals surface area contributed by atoms with E-state index in [1.807, 2.05) is 4.90 Å². The Hall–Kier alpha value is -3.47. The number of rotatable bonds is 4. The van der Waals surface area contributed by atoms with Crippen LogP contribution in [-0.2, 0) is 9.53 Å². The van der Waals surface area contributed by atoms with Crippen LogP contribution in [0.1, 0.15) is 18.9 Å². The van der Waals surface area contributed by atoms with Crippen LogP contribution in [-0.4, -0.2) is 64.9 Å². The van der Waals surface area contributed by atoms with Gasteiger partial charge < -0.3 is 14.5 Å². The van der Waals surface area contributed by atoms with E-state index in [1.54, 1.807) is 24.1 Å². The highest BCUT2D eigenvalue weighted by Gasteiger charge is 2.25. The van der Waals surface area contributed by atoms with Crippen molar-refractivity contribution in [1.29, 1.82) is 0 Å². The third-order valence-electron chi connectivity index (χ3n) is 5.17. The molecular weight excluding hydrogens is 449 g/mol. The van der Waals surface area contributed by atoms with Crippen molar-refractivity contribution in [3.8, 4) is 11.3 Å². The molecule has 3 heterocycles. The maximum atomic E-state index is 14.7. The molecular formula is C22H22FN5O4S. The maximum Gasteiger partial charge on any atom is 0.409 e. The van der Waals surface area contributed by atoms with Crippen molar-refractivity contribution in [3.05, 3.63) is 46.9 Å². The quantitative estimate of drug-likeness (QED) is 0.678. The van der Waals surface area contributed by atoms with E-state index in [0.717, 1.165) is 18.2 Å². The number of hydrogen-bond acceptors (Lipinski definition) is 8. The molecule has 0 atom stereocenters. The van der Waals surface area contributed by atoms with Gasteiger partial charge in [0.05, 0.1) is 29.6 Å². The summed E-state index contributed by atoms with van der Waals surface area (Å²) >= 11 is 0.799. The van der Waals surface area contributed by atoms with Crippen LogP contribution in [0, 0.1) is 5.82 Å². The summed E-state index contributed by atoms with van der Waals surface area (Å²) in [5.74, 6) is -0.374. The summed E-state index contributed by atoms with van der Waals surface area (Å²) in [7, 11) is 0. The molecule has 4 rings (SSSR count). The Balaban J connectivity index is 1.55. The Morgan fingerprint density at radius 3 is 2.85 bits per heavy atom. The molecule has 2 saturated heterocycles. The number of nitrogens with zero attached hydrogens (tertiary/aromatic N) is 4. The van der Waals surface area contributed by atoms with E-state index in [0.29, 0.717) is 49.9 Å². The lowest BCUT2D eigenvalue weighted by molar-refractivity contribution is -0.115. The van der Waals surface area contributed by atoms with Crippen molar-refractivity contribution in [3.63, 3.8) is 0 Å². The third-order valence-corrected chi connectivity index (χ3v) is 5.98. The molecule has 0 aliphatic carbocycles. The molecule has 3 amide bonds. The fourth-order valence-electron chi connectivity index (χ4n) is 3.58. The van der Waals surface area contributed by atoms with Crippen LogP contribution in [0.5, 0.6) is 0 Å². The summed E-state index contributed by atoms with van der Waals surface area (Å²) in [6.07, 6.45) is 5.02. The van der Waals surface area contributed by atoms with E-state index >= 15 is 0 Å². The summed E-state index contributed by atoms with van der Waals surface area (Å²) in [5, 5.41) is 1.75. The highest BCUT2D eigenvalue weighted by atomic mass is 32.2. The third kappa shape index (κ3) is 5.30. The number of ether oxygens (including phenoxy) is 1. The Bertz CT molecular complexity index is 1130. The van der Waals surface area contributed by atoms with Gasteiger partial charge in [-0.15, -0.1) is 0 Å². The molecule has 33 heavy (non-hydrogen) atoms. The van der Waals surface area contributed by atoms with Gasteiger partial charge in [-0.1, -0.05) is 6.07 Å². The van der Waals surface area contributed by atoms with Gasteiger partial charge in [0.25, 0.3) is 11.1 Å². The Morgan fingerprint density at radius 1 is 1.24 bits per heavy atom. The lowest BCUT2D eigenvalue weighted by Crippen LogP contribution is -2.35. The Morgan fingerprint density at radius 2 is 2.09 bits per heavy atom. The van der Waals surface area contributed by atoms with E-state index in [1.165, 1.54) is 24.4 Å². The van der Waals surface area contributed by atoms with E-state index < -0.39 is 17.0 Å². The number of anilines is 1. The van der Waals surface area contributed by atoms with Crippen LogP contribution in [0.4, 0.5) is 19.8 Å². The summed E-state index contributed by atoms with van der Waals surface area (Å²) in [6.45, 7) is 4.39. The first-order valence-corrected chi connectivity index (χ1v) is 11.3. The van der Waals surface area contributed by atoms with Crippen molar-refractivity contribution >= 4 is 40.9 Å². The molecule has 2 fully saturated rings. The lowest BCUT2D eigenvalue weighted by Gasteiger charge is -2.22. The minimum atomic E-state index is -0.479. The van der Waals surface area contributed by atoms with Gasteiger partial charge in [0, 0.05) is 31.7 Å². The molecule has 2 aliphatic heterocycles. The topological polar surface area (TPSA) is 105 Å². The number of thioether (sulfide) groups is 1. The van der Waals surface area contributed by atoms with Crippen LogP contribution >= 0.6 is 11.8 Å². The molecule has 0 unspecified atom stereocenters. The summed E-state index contributed by atoms with van der Waals surface area (Å²) < 4.78 is 19.7. The molecule has 1 aromatic heterocycles. The second-order valence-corrected chi connectivity index (χ2v) is 8.40. The van der Waals surface area contributed by atoms with Crippen molar-refractivity contribution in [2.24, 2.45) is 0 Å². The number of carbonyl (C=O) groups is 3. The smallest absolute Gasteiger partial charge is 0.409 e. The molecule has 2 aliphatic rings. The van der Waals surface area contributed by atoms with Crippen molar-refractivity contribution in [1.82, 2.24) is 20.2 Å². The predicted octanol–water partition coefficient (Wildman–Crippen LogP) is 3.28. The summed E-state index contributed by atoms with van der Waals surface area (Å²) in [4.78, 5) is 48.0. The second-order valence-electron chi connectivity index (χ2n) is 7.38. The van der Waals surface area contributed by atoms with Gasteiger partial charge in [0.2, 0.25) is 0 Å². The van der Waals surface area contributed by atoms with Crippen LogP contribution in [0.2, 0.25) is 0 Å². The zero-order valence-corrected chi connectivity index (χ0v) is 18.7. The molecule has 11 heteroatoms. The zero-order chi connectivity index (χ0) is 23.4. The molecule has 0 radical (unpaired) electrons. The number of benzene rings is 1. The monoisotopic (exact) mass is 471 g/mol. The van der Waals surface area contributed by atoms with Gasteiger partial charge in [-0.05, 0) is 48.9 Å². The minimum absolute atomic E-state index is 0.233. The van der Waals surface area contributed by atoms with Gasteiger partial charge in [-0.3, -0.25) is 19.9 Å². The number of hydrogen-bond donors (Lipinski definition) is 1. The van der Waals surface area contributed by atoms with E-state index in [4.69, 9.17) is 4.74 Å². The lowest BCUT2D eigenvalue weighted by atomic mass is 10.1. The molecule has 0 bridgehead atoms. The Kier molecular flexibility index (Phi) is 6.87. The predicted molar refractivity (Wildman–Crippen MR) is 122 cm³/mol. The van der Waals surface area contributed by atoms with Gasteiger partial charge >= 0.3 is 6.09 Å². The Labute approximate surface area is 194 Å². The zero-order valence-electron chi connectivity index (χ0n) is 17.9. The number of carbonyl (C=O) groups excluding carboxylic acids is 3. The normalized spacial score (nSPS) is 17.8. The van der Waals surface area contributed by atoms with Crippen LogP contribution < -0.4 is 10.2 Å². The largest absolute Gasteiger partial charge is 0.450 e.